The Bertz CT molecular complexity index is 502. The quantitative estimate of drug-likeness (QED) is 0.818. The normalized spacial score (nSPS) is 20.6. The van der Waals surface area contributed by atoms with Crippen LogP contribution < -0.4 is 10.2 Å². The average molecular weight is 250 g/mol. The molecule has 2 amide bonds. The lowest BCUT2D eigenvalue weighted by molar-refractivity contribution is -0.125. The predicted molar refractivity (Wildman–Crippen MR) is 65.7 cm³/mol. The number of amides is 2. The first-order valence-corrected chi connectivity index (χ1v) is 5.86. The lowest BCUT2D eigenvalue weighted by Gasteiger charge is -2.23. The molecule has 1 aliphatic rings. The van der Waals surface area contributed by atoms with Gasteiger partial charge in [-0.25, -0.2) is 4.39 Å². The fraction of sp³-hybridized carbons (Fsp3) is 0.385. The number of hydrogen-bond donors (Lipinski definition) is 1. The van der Waals surface area contributed by atoms with Crippen molar-refractivity contribution in [2.24, 2.45) is 0 Å². The van der Waals surface area contributed by atoms with Crippen molar-refractivity contribution in [3.05, 3.63) is 29.6 Å². The highest BCUT2D eigenvalue weighted by molar-refractivity contribution is 6.01. The number of carbonyl (C=O) groups is 2. The predicted octanol–water partition coefficient (Wildman–Crippen LogP) is 1.38. The van der Waals surface area contributed by atoms with Crippen LogP contribution in [-0.2, 0) is 9.59 Å². The van der Waals surface area contributed by atoms with Gasteiger partial charge >= 0.3 is 0 Å². The van der Waals surface area contributed by atoms with Gasteiger partial charge < -0.3 is 10.2 Å². The Balaban J connectivity index is 2.36. The van der Waals surface area contributed by atoms with Crippen LogP contribution in [0.3, 0.4) is 0 Å². The summed E-state index contributed by atoms with van der Waals surface area (Å²) in [6.45, 7) is 3.59. The van der Waals surface area contributed by atoms with Gasteiger partial charge in [0.05, 0.1) is 5.69 Å². The zero-order chi connectivity index (χ0) is 13.3. The summed E-state index contributed by atoms with van der Waals surface area (Å²) >= 11 is 0. The van der Waals surface area contributed by atoms with Crippen molar-refractivity contribution in [2.75, 3.05) is 11.4 Å². The summed E-state index contributed by atoms with van der Waals surface area (Å²) in [6, 6.07) is 4.08. The standard InChI is InChI=1S/C13H15FN2O2/c1-8-3-4-11(10(14)7-8)16-6-5-12(17)15-9(2)13(16)18/h3-4,7,9H,5-6H2,1-2H3,(H,15,17). The molecule has 0 aromatic heterocycles. The fourth-order valence-corrected chi connectivity index (χ4v) is 2.00. The third-order valence-electron chi connectivity index (χ3n) is 2.97. The van der Waals surface area contributed by atoms with Crippen LogP contribution in [-0.4, -0.2) is 24.4 Å². The maximum atomic E-state index is 13.9. The molecular weight excluding hydrogens is 235 g/mol. The van der Waals surface area contributed by atoms with E-state index in [9.17, 15) is 14.0 Å². The van der Waals surface area contributed by atoms with Gasteiger partial charge in [-0.15, -0.1) is 0 Å². The Morgan fingerprint density at radius 1 is 1.39 bits per heavy atom. The first kappa shape index (κ1) is 12.5. The van der Waals surface area contributed by atoms with E-state index in [-0.39, 0.29) is 30.5 Å². The highest BCUT2D eigenvalue weighted by Gasteiger charge is 2.28. The van der Waals surface area contributed by atoms with Crippen molar-refractivity contribution in [3.8, 4) is 0 Å². The highest BCUT2D eigenvalue weighted by atomic mass is 19.1. The van der Waals surface area contributed by atoms with Crippen LogP contribution in [0.2, 0.25) is 0 Å². The van der Waals surface area contributed by atoms with Crippen LogP contribution in [0.1, 0.15) is 18.9 Å². The Morgan fingerprint density at radius 3 is 2.78 bits per heavy atom. The summed E-state index contributed by atoms with van der Waals surface area (Å²) in [5.41, 5.74) is 1.02. The minimum Gasteiger partial charge on any atom is -0.345 e. The summed E-state index contributed by atoms with van der Waals surface area (Å²) in [4.78, 5) is 24.8. The second-order valence-corrected chi connectivity index (χ2v) is 4.48. The fourth-order valence-electron chi connectivity index (χ4n) is 2.00. The van der Waals surface area contributed by atoms with E-state index in [1.54, 1.807) is 26.0 Å². The Hall–Kier alpha value is -1.91. The molecular formula is C13H15FN2O2. The van der Waals surface area contributed by atoms with Gasteiger partial charge in [0.2, 0.25) is 11.8 Å². The van der Waals surface area contributed by atoms with Crippen LogP contribution in [0.4, 0.5) is 10.1 Å². The molecule has 2 rings (SSSR count). The zero-order valence-electron chi connectivity index (χ0n) is 10.4. The topological polar surface area (TPSA) is 49.4 Å². The van der Waals surface area contributed by atoms with E-state index in [1.807, 2.05) is 0 Å². The summed E-state index contributed by atoms with van der Waals surface area (Å²) in [6.07, 6.45) is 0.184. The van der Waals surface area contributed by atoms with E-state index in [2.05, 4.69) is 5.32 Å². The van der Waals surface area contributed by atoms with Crippen LogP contribution in [0, 0.1) is 12.7 Å². The van der Waals surface area contributed by atoms with E-state index in [1.165, 1.54) is 11.0 Å². The smallest absolute Gasteiger partial charge is 0.249 e. The number of anilines is 1. The van der Waals surface area contributed by atoms with Crippen molar-refractivity contribution in [1.82, 2.24) is 5.32 Å². The third kappa shape index (κ3) is 2.34. The number of hydrogen-bond acceptors (Lipinski definition) is 2. The van der Waals surface area contributed by atoms with Crippen molar-refractivity contribution in [1.29, 1.82) is 0 Å². The summed E-state index contributed by atoms with van der Waals surface area (Å²) < 4.78 is 13.9. The lowest BCUT2D eigenvalue weighted by Crippen LogP contribution is -2.43. The zero-order valence-corrected chi connectivity index (χ0v) is 10.4. The van der Waals surface area contributed by atoms with Crippen molar-refractivity contribution >= 4 is 17.5 Å². The molecule has 5 heteroatoms. The first-order valence-electron chi connectivity index (χ1n) is 5.86. The number of aryl methyl sites for hydroxylation is 1. The second kappa shape index (κ2) is 4.76. The van der Waals surface area contributed by atoms with Gasteiger partial charge in [0, 0.05) is 13.0 Å². The van der Waals surface area contributed by atoms with Gasteiger partial charge in [0.1, 0.15) is 11.9 Å². The van der Waals surface area contributed by atoms with E-state index in [4.69, 9.17) is 0 Å². The maximum absolute atomic E-state index is 13.9. The molecule has 1 aromatic carbocycles. The van der Waals surface area contributed by atoms with Gasteiger partial charge in [0.25, 0.3) is 0 Å². The monoisotopic (exact) mass is 250 g/mol. The summed E-state index contributed by atoms with van der Waals surface area (Å²) in [5.74, 6) is -0.917. The Labute approximate surface area is 105 Å². The van der Waals surface area contributed by atoms with Crippen molar-refractivity contribution in [3.63, 3.8) is 0 Å². The van der Waals surface area contributed by atoms with Crippen LogP contribution in [0.15, 0.2) is 18.2 Å². The van der Waals surface area contributed by atoms with Crippen LogP contribution >= 0.6 is 0 Å². The number of rotatable bonds is 1. The van der Waals surface area contributed by atoms with Gasteiger partial charge in [-0.05, 0) is 31.5 Å². The second-order valence-electron chi connectivity index (χ2n) is 4.48. The van der Waals surface area contributed by atoms with Gasteiger partial charge in [-0.1, -0.05) is 6.07 Å². The molecule has 0 saturated carbocycles. The molecule has 1 aromatic rings. The minimum atomic E-state index is -0.624. The molecule has 1 saturated heterocycles. The molecule has 1 heterocycles. The maximum Gasteiger partial charge on any atom is 0.249 e. The number of nitrogens with one attached hydrogen (secondary N) is 1. The van der Waals surface area contributed by atoms with Gasteiger partial charge in [0.15, 0.2) is 0 Å². The molecule has 1 N–H and O–H groups in total. The number of nitrogens with zero attached hydrogens (tertiary/aromatic N) is 1. The van der Waals surface area contributed by atoms with Crippen molar-refractivity contribution in [2.45, 2.75) is 26.3 Å². The number of halogens is 1. The Kier molecular flexibility index (Phi) is 3.32. The average Bonchev–Trinajstić information content (AvgIpc) is 2.41. The summed E-state index contributed by atoms with van der Waals surface area (Å²) in [5, 5.41) is 2.57. The van der Waals surface area contributed by atoms with E-state index >= 15 is 0 Å². The molecule has 0 spiro atoms. The molecule has 0 bridgehead atoms. The largest absolute Gasteiger partial charge is 0.345 e. The first-order chi connectivity index (χ1) is 8.49. The molecule has 1 fully saturated rings. The number of carbonyl (C=O) groups excluding carboxylic acids is 2. The summed E-state index contributed by atoms with van der Waals surface area (Å²) in [7, 11) is 0. The van der Waals surface area contributed by atoms with Gasteiger partial charge in [-0.2, -0.15) is 0 Å². The number of benzene rings is 1. The van der Waals surface area contributed by atoms with Gasteiger partial charge in [-0.3, -0.25) is 9.59 Å². The molecule has 18 heavy (non-hydrogen) atoms. The molecule has 1 aliphatic heterocycles. The molecule has 0 radical (unpaired) electrons. The minimum absolute atomic E-state index is 0.184. The van der Waals surface area contributed by atoms with E-state index in [0.29, 0.717) is 0 Å². The third-order valence-corrected chi connectivity index (χ3v) is 2.97. The highest BCUT2D eigenvalue weighted by Crippen LogP contribution is 2.22. The van der Waals surface area contributed by atoms with Crippen LogP contribution in [0.5, 0.6) is 0 Å². The molecule has 1 unspecified atom stereocenters. The lowest BCUT2D eigenvalue weighted by atomic mass is 10.2. The SMILES string of the molecule is Cc1ccc(N2CCC(=O)NC(C)C2=O)c(F)c1. The molecule has 4 nitrogen and oxygen atoms in total. The molecule has 1 atom stereocenters. The van der Waals surface area contributed by atoms with E-state index in [0.717, 1.165) is 5.56 Å². The van der Waals surface area contributed by atoms with E-state index < -0.39 is 11.9 Å². The van der Waals surface area contributed by atoms with Crippen LogP contribution in [0.25, 0.3) is 0 Å². The molecule has 96 valence electrons. The molecule has 0 aliphatic carbocycles. The van der Waals surface area contributed by atoms with Crippen molar-refractivity contribution < 1.29 is 14.0 Å². The Morgan fingerprint density at radius 2 is 2.11 bits per heavy atom.